The molecule has 0 bridgehead atoms. The molecule has 0 spiro atoms. The number of ether oxygens (including phenoxy) is 16. The van der Waals surface area contributed by atoms with E-state index in [2.05, 4.69) is 21.3 Å². The molecule has 0 aromatic heterocycles. The third-order valence-electron chi connectivity index (χ3n) is 15.0. The number of aliphatic hydroxyl groups excluding tert-OH is 4. The van der Waals surface area contributed by atoms with E-state index in [1.165, 1.54) is 64.1 Å². The minimum Gasteiger partial charge on any atom is -1.00 e. The van der Waals surface area contributed by atoms with Crippen molar-refractivity contribution in [3.63, 3.8) is 0 Å². The van der Waals surface area contributed by atoms with Gasteiger partial charge in [0.05, 0.1) is 129 Å². The molecule has 34 nitrogen and oxygen atoms in total. The van der Waals surface area contributed by atoms with E-state index in [9.17, 15) is 67.1 Å². The van der Waals surface area contributed by atoms with E-state index in [4.69, 9.17) is 86.3 Å². The number of amides is 2. The Kier molecular flexibility index (Phi) is 53.3. The fraction of sp³-hybridized carbons (Fsp3) is 0.710. The number of quaternary nitrogens is 1. The molecule has 40 heteroatoms. The molecule has 2 aromatic rings. The summed E-state index contributed by atoms with van der Waals surface area (Å²) in [6, 6.07) is 11.4. The maximum Gasteiger partial charge on any atom is 1.00 e. The molecule has 0 radical (unpaired) electrons. The Balaban J connectivity index is 0. The van der Waals surface area contributed by atoms with E-state index >= 15 is 0 Å². The molecule has 0 saturated carbocycles. The van der Waals surface area contributed by atoms with Crippen LogP contribution in [0.4, 0.5) is 24.3 Å². The maximum atomic E-state index is 12.0. The van der Waals surface area contributed by atoms with Crippen LogP contribution in [0, 0.1) is 39.2 Å². The summed E-state index contributed by atoms with van der Waals surface area (Å²) in [5.74, 6) is -2.36. The van der Waals surface area contributed by atoms with Gasteiger partial charge in [0.1, 0.15) is 37.6 Å². The molecule has 15 atom stereocenters. The van der Waals surface area contributed by atoms with Crippen molar-refractivity contribution >= 4 is 54.6 Å². The molecule has 3 saturated heterocycles. The molecule has 3 heterocycles. The van der Waals surface area contributed by atoms with Crippen molar-refractivity contribution in [1.29, 1.82) is 5.39 Å². The SMILES string of the molecule is CC(=O)OCC1O[C@H](OCCOCCOCCNC(=O)c2ccc([N+](=O)[O-])cc2)C(OC(C)=O)[C@@H](C)[C@@H]1C.CC(=O)OCC1O[C@H](OCCOCCOCC[NH3+])C(OC(C)=O)[C@@H](C)[C@@H]1C.FB(F)F.N#[N+]c1ccc(C(=O)NCCOCCOCCO[C@H]2OC(CO)[C@@H](O)[C@H](O)C2O)cc1.[F-].[H-].[K+]. The molecule has 2 amide bonds. The number of rotatable bonds is 39. The summed E-state index contributed by atoms with van der Waals surface area (Å²) in [6.45, 7) is 18.7. The third kappa shape index (κ3) is 39.8. The van der Waals surface area contributed by atoms with Crippen LogP contribution >= 0.6 is 0 Å². The maximum absolute atomic E-state index is 12.0. The number of hydrogen-bond acceptors (Lipinski definition) is 29. The molecule has 102 heavy (non-hydrogen) atoms. The number of esters is 4. The minimum absolute atomic E-state index is 0. The van der Waals surface area contributed by atoms with Crippen LogP contribution < -0.4 is 72.5 Å². The number of nitrogens with zero attached hydrogens (tertiary/aromatic N) is 3. The quantitative estimate of drug-likeness (QED) is 0.00484. The summed E-state index contributed by atoms with van der Waals surface area (Å²) in [4.78, 5) is 82.4. The number of carbonyl (C=O) groups excluding carboxylic acids is 6. The summed E-state index contributed by atoms with van der Waals surface area (Å²) < 4.78 is 116. The van der Waals surface area contributed by atoms with Crippen molar-refractivity contribution in [2.24, 2.45) is 23.7 Å². The van der Waals surface area contributed by atoms with Gasteiger partial charge in [-0.1, -0.05) is 27.7 Å². The molecule has 6 unspecified atom stereocenters. The second-order valence-corrected chi connectivity index (χ2v) is 22.3. The van der Waals surface area contributed by atoms with Gasteiger partial charge in [0.15, 0.2) is 36.1 Å². The van der Waals surface area contributed by atoms with Crippen LogP contribution in [0.2, 0.25) is 0 Å². The number of carbonyl (C=O) groups is 6. The number of aliphatic hydroxyl groups is 4. The number of halogens is 4. The van der Waals surface area contributed by atoms with Crippen molar-refractivity contribution in [3.05, 3.63) is 74.7 Å². The predicted octanol–water partition coefficient (Wildman–Crippen LogP) is -4.61. The molecular formula is C62H99BF4KN6O28+. The fourth-order valence-corrected chi connectivity index (χ4v) is 9.31. The molecule has 0 aliphatic carbocycles. The van der Waals surface area contributed by atoms with Crippen molar-refractivity contribution in [2.45, 2.75) is 123 Å². The Hall–Kier alpha value is -5.18. The minimum atomic E-state index is -3.67. The number of non-ortho nitro benzene ring substituents is 1. The third-order valence-corrected chi connectivity index (χ3v) is 15.0. The molecule has 3 aliphatic rings. The number of nitro benzene ring substituents is 1. The second-order valence-electron chi connectivity index (χ2n) is 22.3. The van der Waals surface area contributed by atoms with E-state index in [0.717, 1.165) is 6.54 Å². The van der Waals surface area contributed by atoms with E-state index in [0.29, 0.717) is 76.2 Å². The van der Waals surface area contributed by atoms with Gasteiger partial charge in [-0.3, -0.25) is 51.8 Å². The standard InChI is InChI=1S/C25H36N2O11.C19H27N3O9.C18H33NO8.BF3.FH.K.H/c1-16-17(2)23(37-19(4)29)25(38-22(16)15-36-18(3)28)35-14-13-34-12-11-33-10-9-26-24(30)20-5-7-21(8-6-20)27(31)32;20-22-13-3-1-12(2-4-13)18(27)21-5-6-28-7-8-29-9-10-30-19-17(26)16(25)15(24)14(11-23)31-19;1-12-13(2)17(26-15(4)21)18(27-16(12)11-25-14(3)20)24-10-9-23-8-7-22-6-5-19;2-1(3)4;;;/h5-8,16-17,22-23,25H,9-15H2,1-4H3,(H,26,30);1-4,14-17,19,23-26H,5-11H2;12-13,16-18H,5-11,19H2,1-4H3;;1H;;/q;;;;;+1;-1/p+1/t16-,17-,22?,23?,25-;14?,15-,16+,17?,19+;12-,13-,16?,17?,18-;;;;/m010..../s1. The van der Waals surface area contributed by atoms with E-state index < -0.39 is 98.6 Å². The average molecular weight is 1500 g/mol. The predicted molar refractivity (Wildman–Crippen MR) is 342 cm³/mol. The van der Waals surface area contributed by atoms with Crippen LogP contribution in [-0.4, -0.2) is 275 Å². The summed E-state index contributed by atoms with van der Waals surface area (Å²) in [5, 5.41) is 63.0. The topological polar surface area (TPSA) is 454 Å². The molecule has 9 N–H and O–H groups in total. The average Bonchev–Trinajstić information content (AvgIpc) is 0.830. The second kappa shape index (κ2) is 56.2. The molecule has 2 aromatic carbocycles. The van der Waals surface area contributed by atoms with Gasteiger partial charge in [-0.25, -0.2) is 0 Å². The largest absolute Gasteiger partial charge is 1.00 e. The first-order chi connectivity index (χ1) is 47.7. The first kappa shape index (κ1) is 96.8. The van der Waals surface area contributed by atoms with E-state index in [1.807, 2.05) is 27.7 Å². The van der Waals surface area contributed by atoms with Gasteiger partial charge in [-0.15, -0.1) is 0 Å². The zero-order valence-corrected chi connectivity index (χ0v) is 62.0. The van der Waals surface area contributed by atoms with Crippen LogP contribution in [0.5, 0.6) is 0 Å². The normalized spacial score (nSPS) is 24.0. The molecular weight excluding hydrogens is 1400 g/mol. The Labute approximate surface area is 632 Å². The molecule has 5 rings (SSSR count). The Bertz CT molecular complexity index is 2720. The van der Waals surface area contributed by atoms with Gasteiger partial charge < -0.3 is 119 Å². The molecule has 576 valence electrons. The summed E-state index contributed by atoms with van der Waals surface area (Å²) in [5.41, 5.74) is 4.72. The number of nitro groups is 1. The van der Waals surface area contributed by atoms with Crippen molar-refractivity contribution in [1.82, 2.24) is 10.6 Å². The first-order valence-electron chi connectivity index (χ1n) is 32.2. The van der Waals surface area contributed by atoms with Gasteiger partial charge in [-0.05, 0) is 36.1 Å². The van der Waals surface area contributed by atoms with E-state index in [1.54, 1.807) is 12.1 Å². The Morgan fingerprint density at radius 3 is 1.24 bits per heavy atom. The molecule has 3 aliphatic heterocycles. The monoisotopic (exact) mass is 1500 g/mol. The number of benzene rings is 2. The zero-order valence-electron chi connectivity index (χ0n) is 59.9. The van der Waals surface area contributed by atoms with Gasteiger partial charge in [0, 0.05) is 88.0 Å². The van der Waals surface area contributed by atoms with Crippen LogP contribution in [0.25, 0.3) is 4.98 Å². The van der Waals surface area contributed by atoms with E-state index in [-0.39, 0.29) is 177 Å². The van der Waals surface area contributed by atoms with Crippen LogP contribution in [0.3, 0.4) is 0 Å². The molecule has 3 fully saturated rings. The Morgan fingerprint density at radius 2 is 0.892 bits per heavy atom. The number of hydrogen-bond donors (Lipinski definition) is 7. The summed E-state index contributed by atoms with van der Waals surface area (Å²) in [6.07, 6.45) is -10.0. The van der Waals surface area contributed by atoms with Crippen LogP contribution in [0.15, 0.2) is 48.5 Å². The van der Waals surface area contributed by atoms with Gasteiger partial charge in [-0.2, -0.15) is 0 Å². The number of nitrogens with one attached hydrogen (secondary N) is 2. The van der Waals surface area contributed by atoms with Crippen LogP contribution in [-0.2, 0) is 95.0 Å². The summed E-state index contributed by atoms with van der Waals surface area (Å²) in [7, 11) is -3.67. The summed E-state index contributed by atoms with van der Waals surface area (Å²) >= 11 is 0. The van der Waals surface area contributed by atoms with Crippen molar-refractivity contribution in [2.75, 3.05) is 139 Å². The fourth-order valence-electron chi connectivity index (χ4n) is 9.31. The van der Waals surface area contributed by atoms with Gasteiger partial charge in [0.25, 0.3) is 17.5 Å². The van der Waals surface area contributed by atoms with Crippen LogP contribution in [0.1, 0.15) is 77.5 Å². The smallest absolute Gasteiger partial charge is 1.00 e. The number of diazo groups is 1. The zero-order chi connectivity index (χ0) is 74.5. The van der Waals surface area contributed by atoms with Gasteiger partial charge >= 0.3 is 88.5 Å². The van der Waals surface area contributed by atoms with Crippen molar-refractivity contribution in [3.8, 4) is 0 Å². The Morgan fingerprint density at radius 1 is 0.549 bits per heavy atom. The first-order valence-corrected chi connectivity index (χ1v) is 32.2. The van der Waals surface area contributed by atoms with Gasteiger partial charge in [0.2, 0.25) is 5.39 Å². The van der Waals surface area contributed by atoms with Crippen molar-refractivity contribution < 1.29 is 206 Å².